The van der Waals surface area contributed by atoms with Gasteiger partial charge in [-0.2, -0.15) is 0 Å². The van der Waals surface area contributed by atoms with Crippen LogP contribution >= 0.6 is 11.3 Å². The second-order valence-electron chi connectivity index (χ2n) is 8.41. The van der Waals surface area contributed by atoms with Crippen LogP contribution in [0.2, 0.25) is 0 Å². The summed E-state index contributed by atoms with van der Waals surface area (Å²) in [7, 11) is 0. The Hall–Kier alpha value is -3.70. The monoisotopic (exact) mass is 470 g/mol. The Balaban J connectivity index is 1.57. The molecule has 4 aromatic carbocycles. The lowest BCUT2D eigenvalue weighted by Gasteiger charge is -2.17. The lowest BCUT2D eigenvalue weighted by Crippen LogP contribution is -2.29. The topological polar surface area (TPSA) is 46.5 Å². The number of benzene rings is 4. The Morgan fingerprint density at radius 2 is 1.74 bits per heavy atom. The zero-order valence-electron chi connectivity index (χ0n) is 18.8. The second-order valence-corrected chi connectivity index (χ2v) is 9.67. The number of carboxylic acid groups (broad SMARTS) is 1. The molecule has 0 aliphatic heterocycles. The summed E-state index contributed by atoms with van der Waals surface area (Å²) in [5, 5.41) is 12.9. The molecule has 0 aliphatic carbocycles. The summed E-state index contributed by atoms with van der Waals surface area (Å²) < 4.78 is 22.1. The summed E-state index contributed by atoms with van der Waals surface area (Å²) in [5.74, 6) is -1.78. The first-order chi connectivity index (χ1) is 16.4. The van der Waals surface area contributed by atoms with Crippen LogP contribution in [0.25, 0.3) is 32.0 Å². The summed E-state index contributed by atoms with van der Waals surface area (Å²) >= 11 is 1.74. The first kappa shape index (κ1) is 22.1. The highest BCUT2D eigenvalue weighted by molar-refractivity contribution is 7.19. The Labute approximate surface area is 201 Å². The third-order valence-electron chi connectivity index (χ3n) is 6.21. The van der Waals surface area contributed by atoms with Crippen molar-refractivity contribution in [2.24, 2.45) is 0 Å². The fraction of sp³-hybridized carbons (Fsp3) is 0.138. The van der Waals surface area contributed by atoms with Gasteiger partial charge in [0.25, 0.3) is 0 Å². The molecule has 170 valence electrons. The number of ether oxygens (including phenoxy) is 1. The van der Waals surface area contributed by atoms with Crippen molar-refractivity contribution in [3.05, 3.63) is 101 Å². The summed E-state index contributed by atoms with van der Waals surface area (Å²) in [6.45, 7) is 4.20. The summed E-state index contributed by atoms with van der Waals surface area (Å²) in [4.78, 5) is 13.0. The molecular weight excluding hydrogens is 447 g/mol. The van der Waals surface area contributed by atoms with E-state index in [1.807, 2.05) is 48.5 Å². The molecule has 1 N–H and O–H groups in total. The number of aliphatic carboxylic acids is 1. The minimum atomic E-state index is -1.19. The normalized spacial score (nSPS) is 12.2. The van der Waals surface area contributed by atoms with Crippen molar-refractivity contribution >= 4 is 38.2 Å². The molecular formula is C29H23FO3S. The van der Waals surface area contributed by atoms with E-state index in [4.69, 9.17) is 4.74 Å². The predicted molar refractivity (Wildman–Crippen MR) is 136 cm³/mol. The van der Waals surface area contributed by atoms with E-state index in [9.17, 15) is 9.90 Å². The van der Waals surface area contributed by atoms with Gasteiger partial charge in [0.05, 0.1) is 0 Å². The van der Waals surface area contributed by atoms with Crippen LogP contribution in [0.15, 0.2) is 78.9 Å². The molecule has 0 bridgehead atoms. The molecule has 0 amide bonds. The van der Waals surface area contributed by atoms with Gasteiger partial charge in [-0.15, -0.1) is 11.3 Å². The van der Waals surface area contributed by atoms with Gasteiger partial charge in [-0.05, 0) is 65.1 Å². The van der Waals surface area contributed by atoms with E-state index in [1.165, 1.54) is 27.3 Å². The largest absolute Gasteiger partial charge is 0.478 e. The Morgan fingerprint density at radius 3 is 2.47 bits per heavy atom. The number of aryl methyl sites for hydroxylation is 2. The van der Waals surface area contributed by atoms with Gasteiger partial charge in [-0.1, -0.05) is 60.7 Å². The van der Waals surface area contributed by atoms with Crippen LogP contribution in [-0.2, 0) is 11.2 Å². The minimum absolute atomic E-state index is 0.0678. The average molecular weight is 471 g/mol. The fourth-order valence-electron chi connectivity index (χ4n) is 4.40. The number of thiophene rings is 1. The zero-order chi connectivity index (χ0) is 23.8. The van der Waals surface area contributed by atoms with Crippen molar-refractivity contribution in [3.63, 3.8) is 0 Å². The average Bonchev–Trinajstić information content (AvgIpc) is 3.11. The van der Waals surface area contributed by atoms with Crippen molar-refractivity contribution in [2.75, 3.05) is 0 Å². The molecule has 1 heterocycles. The van der Waals surface area contributed by atoms with Crippen molar-refractivity contribution in [3.8, 4) is 16.9 Å². The van der Waals surface area contributed by atoms with E-state index in [-0.39, 0.29) is 12.2 Å². The molecule has 1 atom stereocenters. The van der Waals surface area contributed by atoms with Gasteiger partial charge in [0.15, 0.2) is 17.7 Å². The van der Waals surface area contributed by atoms with Crippen LogP contribution in [0.4, 0.5) is 4.39 Å². The fourth-order valence-corrected chi connectivity index (χ4v) is 5.53. The highest BCUT2D eigenvalue weighted by Crippen LogP contribution is 2.43. The van der Waals surface area contributed by atoms with Gasteiger partial charge in [0.2, 0.25) is 0 Å². The van der Waals surface area contributed by atoms with Gasteiger partial charge in [-0.25, -0.2) is 9.18 Å². The Morgan fingerprint density at radius 1 is 1.00 bits per heavy atom. The second kappa shape index (κ2) is 8.92. The van der Waals surface area contributed by atoms with E-state index in [0.717, 1.165) is 32.8 Å². The van der Waals surface area contributed by atoms with Crippen molar-refractivity contribution < 1.29 is 19.0 Å². The molecule has 5 rings (SSSR count). The number of fused-ring (bicyclic) bond motifs is 2. The Bertz CT molecular complexity index is 1520. The van der Waals surface area contributed by atoms with Crippen molar-refractivity contribution in [2.45, 2.75) is 26.4 Å². The highest BCUT2D eigenvalue weighted by Gasteiger charge is 2.23. The lowest BCUT2D eigenvalue weighted by atomic mass is 9.93. The molecule has 0 saturated heterocycles. The van der Waals surface area contributed by atoms with Gasteiger partial charge < -0.3 is 9.84 Å². The van der Waals surface area contributed by atoms with Crippen LogP contribution in [-0.4, -0.2) is 17.2 Å². The quantitative estimate of drug-likeness (QED) is 0.279. The maximum absolute atomic E-state index is 15.3. The van der Waals surface area contributed by atoms with Gasteiger partial charge in [-0.3, -0.25) is 0 Å². The number of rotatable bonds is 6. The Kier molecular flexibility index (Phi) is 5.80. The van der Waals surface area contributed by atoms with Crippen molar-refractivity contribution in [1.82, 2.24) is 0 Å². The maximum Gasteiger partial charge on any atom is 0.345 e. The zero-order valence-corrected chi connectivity index (χ0v) is 19.7. The first-order valence-electron chi connectivity index (χ1n) is 11.1. The lowest BCUT2D eigenvalue weighted by molar-refractivity contribution is -0.145. The van der Waals surface area contributed by atoms with E-state index in [0.29, 0.717) is 0 Å². The third kappa shape index (κ3) is 4.03. The highest BCUT2D eigenvalue weighted by atomic mass is 32.1. The number of halogens is 1. The molecule has 0 spiro atoms. The van der Waals surface area contributed by atoms with Gasteiger partial charge >= 0.3 is 5.97 Å². The molecule has 1 aromatic heterocycles. The number of hydrogen-bond donors (Lipinski definition) is 1. The summed E-state index contributed by atoms with van der Waals surface area (Å²) in [6.07, 6.45) is -1.04. The van der Waals surface area contributed by atoms with Crippen LogP contribution < -0.4 is 4.74 Å². The third-order valence-corrected chi connectivity index (χ3v) is 7.36. The summed E-state index contributed by atoms with van der Waals surface area (Å²) in [5.41, 5.74) is 3.73. The van der Waals surface area contributed by atoms with E-state index in [1.54, 1.807) is 11.3 Å². The predicted octanol–water partition coefficient (Wildman–Crippen LogP) is 7.55. The van der Waals surface area contributed by atoms with E-state index < -0.39 is 17.9 Å². The van der Waals surface area contributed by atoms with E-state index >= 15 is 4.39 Å². The molecule has 0 saturated carbocycles. The SMILES string of the molecule is Cc1sc2cc3ccccc3c(-c3ccc(OC(Cc4ccccc4)C(=O)O)c(F)c3)c2c1C. The maximum atomic E-state index is 15.3. The molecule has 0 fully saturated rings. The number of hydrogen-bond acceptors (Lipinski definition) is 3. The smallest absolute Gasteiger partial charge is 0.345 e. The number of carbonyl (C=O) groups is 1. The molecule has 5 aromatic rings. The molecule has 0 radical (unpaired) electrons. The number of carboxylic acids is 1. The van der Waals surface area contributed by atoms with Crippen LogP contribution in [0.1, 0.15) is 16.0 Å². The van der Waals surface area contributed by atoms with Crippen LogP contribution in [0.5, 0.6) is 5.75 Å². The van der Waals surface area contributed by atoms with Crippen LogP contribution in [0.3, 0.4) is 0 Å². The van der Waals surface area contributed by atoms with Crippen molar-refractivity contribution in [1.29, 1.82) is 0 Å². The van der Waals surface area contributed by atoms with Gasteiger partial charge in [0.1, 0.15) is 0 Å². The molecule has 1 unspecified atom stereocenters. The molecule has 34 heavy (non-hydrogen) atoms. The molecule has 5 heteroatoms. The minimum Gasteiger partial charge on any atom is -0.478 e. The van der Waals surface area contributed by atoms with E-state index in [2.05, 4.69) is 32.0 Å². The standard InChI is InChI=1S/C29H23FO3S/c1-17-18(2)34-26-16-20-10-6-7-11-22(20)28(27(17)26)21-12-13-24(23(30)15-21)33-25(29(31)32)14-19-8-4-3-5-9-19/h3-13,15-16,25H,14H2,1-2H3,(H,31,32). The van der Waals surface area contributed by atoms with Crippen LogP contribution in [0, 0.1) is 19.7 Å². The summed E-state index contributed by atoms with van der Waals surface area (Å²) in [6, 6.07) is 24.3. The molecule has 3 nitrogen and oxygen atoms in total. The first-order valence-corrected chi connectivity index (χ1v) is 11.9. The molecule has 0 aliphatic rings. The van der Waals surface area contributed by atoms with Gasteiger partial charge in [0, 0.05) is 21.4 Å².